The Morgan fingerprint density at radius 3 is 2.79 bits per heavy atom. The van der Waals surface area contributed by atoms with Crippen molar-refractivity contribution >= 4 is 16.6 Å². The predicted octanol–water partition coefficient (Wildman–Crippen LogP) is 2.66. The Bertz CT molecular complexity index is 844. The molecule has 2 aromatic rings. The monoisotopic (exact) mass is 333 g/mol. The summed E-state index contributed by atoms with van der Waals surface area (Å²) >= 11 is 0. The molecular formula is C18H21F2N3O. The molecule has 2 fully saturated rings. The first-order valence-corrected chi connectivity index (χ1v) is 8.52. The Balaban J connectivity index is 1.85. The first kappa shape index (κ1) is 15.6. The van der Waals surface area contributed by atoms with Crippen LogP contribution in [0.15, 0.2) is 23.1 Å². The minimum atomic E-state index is -0.643. The van der Waals surface area contributed by atoms with Gasteiger partial charge < -0.3 is 14.8 Å². The van der Waals surface area contributed by atoms with Gasteiger partial charge in [-0.05, 0) is 44.8 Å². The smallest absolute Gasteiger partial charge is 0.189 e. The van der Waals surface area contributed by atoms with Gasteiger partial charge in [-0.1, -0.05) is 0 Å². The van der Waals surface area contributed by atoms with Crippen molar-refractivity contribution in [2.75, 3.05) is 31.6 Å². The highest BCUT2D eigenvalue weighted by Crippen LogP contribution is 2.39. The molecule has 0 radical (unpaired) electrons. The molecule has 2 aliphatic rings. The van der Waals surface area contributed by atoms with Crippen LogP contribution in [0.1, 0.15) is 25.3 Å². The van der Waals surface area contributed by atoms with Crippen LogP contribution in [0, 0.1) is 17.6 Å². The van der Waals surface area contributed by atoms with E-state index in [0.717, 1.165) is 25.8 Å². The van der Waals surface area contributed by atoms with Crippen molar-refractivity contribution in [2.24, 2.45) is 5.92 Å². The summed E-state index contributed by atoms with van der Waals surface area (Å²) in [6.45, 7) is 2.09. The summed E-state index contributed by atoms with van der Waals surface area (Å²) in [5, 5.41) is 3.25. The number of rotatable bonds is 4. The molecule has 0 bridgehead atoms. The van der Waals surface area contributed by atoms with Gasteiger partial charge in [-0.15, -0.1) is 0 Å². The van der Waals surface area contributed by atoms with Gasteiger partial charge in [-0.25, -0.2) is 8.78 Å². The van der Waals surface area contributed by atoms with Crippen LogP contribution >= 0.6 is 0 Å². The van der Waals surface area contributed by atoms with Gasteiger partial charge in [-0.3, -0.25) is 4.79 Å². The summed E-state index contributed by atoms with van der Waals surface area (Å²) < 4.78 is 31.7. The average Bonchev–Trinajstić information content (AvgIpc) is 3.29. The third-order valence-electron chi connectivity index (χ3n) is 5.11. The molecule has 24 heavy (non-hydrogen) atoms. The minimum absolute atomic E-state index is 0.0149. The van der Waals surface area contributed by atoms with Crippen LogP contribution in [-0.4, -0.2) is 31.2 Å². The average molecular weight is 333 g/mol. The fraction of sp³-hybridized carbons (Fsp3) is 0.500. The SMILES string of the molecule is CNCC1CCN(c2c(F)cc3c(=O)ccn(C4CC4)c3c2F)C1. The second kappa shape index (κ2) is 5.84. The summed E-state index contributed by atoms with van der Waals surface area (Å²) in [7, 11) is 1.88. The summed E-state index contributed by atoms with van der Waals surface area (Å²) in [6.07, 6.45) is 4.49. The Labute approximate surface area is 139 Å². The lowest BCUT2D eigenvalue weighted by Crippen LogP contribution is -2.26. The van der Waals surface area contributed by atoms with Gasteiger partial charge in [0.2, 0.25) is 0 Å². The molecule has 0 amide bonds. The molecule has 4 rings (SSSR count). The third kappa shape index (κ3) is 2.49. The third-order valence-corrected chi connectivity index (χ3v) is 5.11. The molecule has 1 aromatic heterocycles. The van der Waals surface area contributed by atoms with Crippen LogP contribution in [0.5, 0.6) is 0 Å². The van der Waals surface area contributed by atoms with E-state index in [-0.39, 0.29) is 28.1 Å². The van der Waals surface area contributed by atoms with Gasteiger partial charge in [0.05, 0.1) is 10.9 Å². The highest BCUT2D eigenvalue weighted by Gasteiger charge is 2.31. The van der Waals surface area contributed by atoms with E-state index in [0.29, 0.717) is 19.0 Å². The molecule has 1 unspecified atom stereocenters. The van der Waals surface area contributed by atoms with E-state index in [1.807, 2.05) is 7.05 Å². The summed E-state index contributed by atoms with van der Waals surface area (Å²) in [5.74, 6) is -0.860. The van der Waals surface area contributed by atoms with Crippen molar-refractivity contribution in [3.8, 4) is 0 Å². The number of anilines is 1. The van der Waals surface area contributed by atoms with Crippen LogP contribution in [0.4, 0.5) is 14.5 Å². The van der Waals surface area contributed by atoms with Gasteiger partial charge in [0.15, 0.2) is 11.2 Å². The highest BCUT2D eigenvalue weighted by molar-refractivity contribution is 5.84. The topological polar surface area (TPSA) is 37.3 Å². The number of halogens is 2. The van der Waals surface area contributed by atoms with Gasteiger partial charge in [0.25, 0.3) is 0 Å². The van der Waals surface area contributed by atoms with Crippen molar-refractivity contribution < 1.29 is 8.78 Å². The number of nitrogens with one attached hydrogen (secondary N) is 1. The fourth-order valence-corrected chi connectivity index (χ4v) is 3.79. The molecule has 1 saturated carbocycles. The molecule has 1 aliphatic heterocycles. The molecule has 1 atom stereocenters. The van der Waals surface area contributed by atoms with Crippen LogP contribution < -0.4 is 15.6 Å². The number of aromatic nitrogens is 1. The molecular weight excluding hydrogens is 312 g/mol. The summed E-state index contributed by atoms with van der Waals surface area (Å²) in [4.78, 5) is 13.9. The van der Waals surface area contributed by atoms with Crippen molar-refractivity contribution in [3.05, 3.63) is 40.2 Å². The van der Waals surface area contributed by atoms with Crippen molar-refractivity contribution in [2.45, 2.75) is 25.3 Å². The van der Waals surface area contributed by atoms with Crippen LogP contribution in [0.3, 0.4) is 0 Å². The highest BCUT2D eigenvalue weighted by atomic mass is 19.1. The zero-order chi connectivity index (χ0) is 16.8. The minimum Gasteiger partial charge on any atom is -0.366 e. The van der Waals surface area contributed by atoms with Crippen LogP contribution in [0.25, 0.3) is 10.9 Å². The fourth-order valence-electron chi connectivity index (χ4n) is 3.79. The van der Waals surface area contributed by atoms with Crippen LogP contribution in [-0.2, 0) is 0 Å². The van der Waals surface area contributed by atoms with Gasteiger partial charge in [0.1, 0.15) is 11.5 Å². The van der Waals surface area contributed by atoms with Crippen LogP contribution in [0.2, 0.25) is 0 Å². The molecule has 1 saturated heterocycles. The van der Waals surface area contributed by atoms with E-state index in [9.17, 15) is 9.18 Å². The molecule has 128 valence electrons. The number of hydrogen-bond donors (Lipinski definition) is 1. The van der Waals surface area contributed by atoms with E-state index >= 15 is 4.39 Å². The lowest BCUT2D eigenvalue weighted by atomic mass is 10.1. The standard InChI is InChI=1S/C18H21F2N3O/c1-21-9-11-4-6-22(10-11)18-14(19)8-13-15(24)5-7-23(12-2-3-12)17(13)16(18)20/h5,7-8,11-12,21H,2-4,6,9-10H2,1H3. The molecule has 6 heteroatoms. The molecule has 1 N–H and O–H groups in total. The maximum Gasteiger partial charge on any atom is 0.189 e. The molecule has 1 aliphatic carbocycles. The van der Waals surface area contributed by atoms with Gasteiger partial charge in [-0.2, -0.15) is 0 Å². The Hall–Kier alpha value is -1.95. The Morgan fingerprint density at radius 2 is 2.08 bits per heavy atom. The van der Waals surface area contributed by atoms with E-state index in [1.54, 1.807) is 15.7 Å². The maximum atomic E-state index is 15.3. The Morgan fingerprint density at radius 1 is 1.29 bits per heavy atom. The zero-order valence-corrected chi connectivity index (χ0v) is 13.7. The number of fused-ring (bicyclic) bond motifs is 1. The van der Waals surface area contributed by atoms with Crippen molar-refractivity contribution in [1.82, 2.24) is 9.88 Å². The molecule has 0 spiro atoms. The first-order chi connectivity index (χ1) is 11.6. The number of pyridine rings is 1. The molecule has 4 nitrogen and oxygen atoms in total. The van der Waals surface area contributed by atoms with E-state index in [2.05, 4.69) is 5.32 Å². The lowest BCUT2D eigenvalue weighted by Gasteiger charge is -2.22. The number of benzene rings is 1. The van der Waals surface area contributed by atoms with Gasteiger partial charge >= 0.3 is 0 Å². The first-order valence-electron chi connectivity index (χ1n) is 8.52. The summed E-state index contributed by atoms with van der Waals surface area (Å²) in [5.41, 5.74) is -0.0692. The number of hydrogen-bond acceptors (Lipinski definition) is 3. The predicted molar refractivity (Wildman–Crippen MR) is 90.6 cm³/mol. The largest absolute Gasteiger partial charge is 0.366 e. The molecule has 2 heterocycles. The van der Waals surface area contributed by atoms with Gasteiger partial charge in [0, 0.05) is 31.4 Å². The molecule has 1 aromatic carbocycles. The normalized spacial score (nSPS) is 21.0. The number of nitrogens with zero attached hydrogens (tertiary/aromatic N) is 2. The van der Waals surface area contributed by atoms with Crippen molar-refractivity contribution in [1.29, 1.82) is 0 Å². The lowest BCUT2D eigenvalue weighted by molar-refractivity contribution is 0.544. The summed E-state index contributed by atoms with van der Waals surface area (Å²) in [6, 6.07) is 2.83. The second-order valence-corrected chi connectivity index (χ2v) is 6.89. The van der Waals surface area contributed by atoms with E-state index in [4.69, 9.17) is 0 Å². The zero-order valence-electron chi connectivity index (χ0n) is 13.7. The van der Waals surface area contributed by atoms with E-state index in [1.165, 1.54) is 12.1 Å². The van der Waals surface area contributed by atoms with E-state index < -0.39 is 11.6 Å². The Kier molecular flexibility index (Phi) is 3.79. The maximum absolute atomic E-state index is 15.3. The second-order valence-electron chi connectivity index (χ2n) is 6.89. The quantitative estimate of drug-likeness (QED) is 0.935. The van der Waals surface area contributed by atoms with Crippen molar-refractivity contribution in [3.63, 3.8) is 0 Å².